The number of nitrogens with one attached hydrogen (secondary N) is 1. The summed E-state index contributed by atoms with van der Waals surface area (Å²) < 4.78 is 18.6. The summed E-state index contributed by atoms with van der Waals surface area (Å²) in [5, 5.41) is 3.37. The summed E-state index contributed by atoms with van der Waals surface area (Å²) in [5.74, 6) is -0.229. The minimum absolute atomic E-state index is 0.229. The number of ether oxygens (including phenoxy) is 1. The summed E-state index contributed by atoms with van der Waals surface area (Å²) in [6.07, 6.45) is 1.01. The Hall–Kier alpha value is -0.450. The molecular weight excluding hydrogens is 273 g/mol. The number of halogens is 2. The molecule has 0 heterocycles. The third kappa shape index (κ3) is 4.20. The lowest BCUT2D eigenvalue weighted by Crippen LogP contribution is -2.31. The van der Waals surface area contributed by atoms with E-state index in [-0.39, 0.29) is 5.82 Å². The summed E-state index contributed by atoms with van der Waals surface area (Å²) >= 11 is 3.17. The van der Waals surface area contributed by atoms with Crippen LogP contribution in [0.4, 0.5) is 4.39 Å². The second kappa shape index (κ2) is 6.99. The van der Waals surface area contributed by atoms with Gasteiger partial charge in [0.05, 0.1) is 11.1 Å². The smallest absolute Gasteiger partial charge is 0.137 e. The fourth-order valence-electron chi connectivity index (χ4n) is 1.43. The first-order valence-electron chi connectivity index (χ1n) is 5.33. The Balaban J connectivity index is 2.50. The van der Waals surface area contributed by atoms with Gasteiger partial charge in [0.2, 0.25) is 0 Å². The van der Waals surface area contributed by atoms with Gasteiger partial charge in [0, 0.05) is 19.7 Å². The van der Waals surface area contributed by atoms with E-state index in [4.69, 9.17) is 4.74 Å². The number of hydrogen-bond acceptors (Lipinski definition) is 2. The van der Waals surface area contributed by atoms with Crippen LogP contribution in [0, 0.1) is 5.82 Å². The Kier molecular flexibility index (Phi) is 5.95. The van der Waals surface area contributed by atoms with Crippen molar-refractivity contribution in [2.45, 2.75) is 25.9 Å². The van der Waals surface area contributed by atoms with Gasteiger partial charge in [0.15, 0.2) is 0 Å². The highest BCUT2D eigenvalue weighted by atomic mass is 79.9. The second-order valence-corrected chi connectivity index (χ2v) is 4.54. The highest BCUT2D eigenvalue weighted by Gasteiger charge is 2.05. The minimum Gasteiger partial charge on any atom is -0.383 e. The van der Waals surface area contributed by atoms with Crippen LogP contribution in [0.15, 0.2) is 22.7 Å². The molecule has 0 saturated heterocycles. The monoisotopic (exact) mass is 289 g/mol. The van der Waals surface area contributed by atoms with Crippen molar-refractivity contribution < 1.29 is 9.13 Å². The fourth-order valence-corrected chi connectivity index (χ4v) is 1.86. The molecule has 0 aliphatic carbocycles. The number of methoxy groups -OCH3 is 1. The van der Waals surface area contributed by atoms with E-state index in [1.807, 2.05) is 0 Å². The third-order valence-electron chi connectivity index (χ3n) is 2.44. The van der Waals surface area contributed by atoms with E-state index in [9.17, 15) is 4.39 Å². The average Bonchev–Trinajstić information content (AvgIpc) is 2.28. The molecule has 1 rings (SSSR count). The van der Waals surface area contributed by atoms with Crippen LogP contribution in [0.5, 0.6) is 0 Å². The van der Waals surface area contributed by atoms with E-state index in [2.05, 4.69) is 28.2 Å². The Labute approximate surface area is 104 Å². The average molecular weight is 290 g/mol. The molecule has 4 heteroatoms. The molecule has 1 aromatic rings. The number of rotatable bonds is 6. The fraction of sp³-hybridized carbons (Fsp3) is 0.500. The molecule has 16 heavy (non-hydrogen) atoms. The largest absolute Gasteiger partial charge is 0.383 e. The molecule has 0 aromatic heterocycles. The molecule has 0 fully saturated rings. The lowest BCUT2D eigenvalue weighted by atomic mass is 10.2. The molecule has 0 radical (unpaired) electrons. The quantitative estimate of drug-likeness (QED) is 0.869. The van der Waals surface area contributed by atoms with Crippen LogP contribution in [0.2, 0.25) is 0 Å². The van der Waals surface area contributed by atoms with Gasteiger partial charge in [-0.15, -0.1) is 0 Å². The van der Waals surface area contributed by atoms with Crippen molar-refractivity contribution >= 4 is 15.9 Å². The SMILES string of the molecule is CCC(COC)NCc1ccc(F)c(Br)c1. The highest BCUT2D eigenvalue weighted by Crippen LogP contribution is 2.16. The van der Waals surface area contributed by atoms with Gasteiger partial charge in [-0.2, -0.15) is 0 Å². The van der Waals surface area contributed by atoms with Gasteiger partial charge in [-0.3, -0.25) is 0 Å². The Morgan fingerprint density at radius 1 is 1.50 bits per heavy atom. The van der Waals surface area contributed by atoms with Crippen molar-refractivity contribution in [3.63, 3.8) is 0 Å². The summed E-state index contributed by atoms with van der Waals surface area (Å²) in [7, 11) is 1.69. The molecular formula is C12H17BrFNO. The van der Waals surface area contributed by atoms with Crippen molar-refractivity contribution in [3.05, 3.63) is 34.1 Å². The standard InChI is InChI=1S/C12H17BrFNO/c1-3-10(8-16-2)15-7-9-4-5-12(14)11(13)6-9/h4-6,10,15H,3,7-8H2,1-2H3. The first-order chi connectivity index (χ1) is 7.67. The van der Waals surface area contributed by atoms with Crippen molar-refractivity contribution in [2.24, 2.45) is 0 Å². The van der Waals surface area contributed by atoms with Gasteiger partial charge in [-0.05, 0) is 40.0 Å². The molecule has 0 aliphatic rings. The van der Waals surface area contributed by atoms with Crippen molar-refractivity contribution in [1.29, 1.82) is 0 Å². The van der Waals surface area contributed by atoms with Gasteiger partial charge < -0.3 is 10.1 Å². The zero-order valence-electron chi connectivity index (χ0n) is 9.59. The van der Waals surface area contributed by atoms with Crippen molar-refractivity contribution in [3.8, 4) is 0 Å². The van der Waals surface area contributed by atoms with Gasteiger partial charge in [-0.1, -0.05) is 13.0 Å². The Bertz CT molecular complexity index is 333. The molecule has 2 nitrogen and oxygen atoms in total. The van der Waals surface area contributed by atoms with Crippen LogP contribution < -0.4 is 5.32 Å². The zero-order valence-corrected chi connectivity index (χ0v) is 11.2. The zero-order chi connectivity index (χ0) is 12.0. The molecule has 0 aliphatic heterocycles. The van der Waals surface area contributed by atoms with Gasteiger partial charge in [0.1, 0.15) is 5.82 Å². The molecule has 1 N–H and O–H groups in total. The predicted molar refractivity (Wildman–Crippen MR) is 66.9 cm³/mol. The van der Waals surface area contributed by atoms with E-state index in [0.717, 1.165) is 18.5 Å². The van der Waals surface area contributed by atoms with Crippen LogP contribution >= 0.6 is 15.9 Å². The molecule has 0 saturated carbocycles. The molecule has 90 valence electrons. The van der Waals surface area contributed by atoms with Crippen molar-refractivity contribution in [1.82, 2.24) is 5.32 Å². The van der Waals surface area contributed by atoms with Gasteiger partial charge in [-0.25, -0.2) is 4.39 Å². The van der Waals surface area contributed by atoms with Crippen LogP contribution in [0.1, 0.15) is 18.9 Å². The summed E-state index contributed by atoms with van der Waals surface area (Å²) in [5.41, 5.74) is 1.06. The number of benzene rings is 1. The lowest BCUT2D eigenvalue weighted by molar-refractivity contribution is 0.164. The maximum Gasteiger partial charge on any atom is 0.137 e. The molecule has 0 spiro atoms. The summed E-state index contributed by atoms with van der Waals surface area (Å²) in [6.45, 7) is 3.52. The first kappa shape index (κ1) is 13.6. The maximum atomic E-state index is 13.0. The second-order valence-electron chi connectivity index (χ2n) is 3.69. The van der Waals surface area contributed by atoms with Crippen LogP contribution in [0.25, 0.3) is 0 Å². The molecule has 1 atom stereocenters. The summed E-state index contributed by atoms with van der Waals surface area (Å²) in [4.78, 5) is 0. The highest BCUT2D eigenvalue weighted by molar-refractivity contribution is 9.10. The number of hydrogen-bond donors (Lipinski definition) is 1. The molecule has 0 amide bonds. The minimum atomic E-state index is -0.229. The van der Waals surface area contributed by atoms with Crippen LogP contribution in [0.3, 0.4) is 0 Å². The topological polar surface area (TPSA) is 21.3 Å². The normalized spacial score (nSPS) is 12.8. The van der Waals surface area contributed by atoms with Gasteiger partial charge >= 0.3 is 0 Å². The molecule has 1 unspecified atom stereocenters. The van der Waals surface area contributed by atoms with E-state index in [1.165, 1.54) is 6.07 Å². The van der Waals surface area contributed by atoms with E-state index in [0.29, 0.717) is 17.1 Å². The van der Waals surface area contributed by atoms with E-state index >= 15 is 0 Å². The Morgan fingerprint density at radius 3 is 2.81 bits per heavy atom. The Morgan fingerprint density at radius 2 is 2.25 bits per heavy atom. The van der Waals surface area contributed by atoms with Crippen LogP contribution in [-0.2, 0) is 11.3 Å². The van der Waals surface area contributed by atoms with Gasteiger partial charge in [0.25, 0.3) is 0 Å². The molecule has 1 aromatic carbocycles. The van der Waals surface area contributed by atoms with E-state index < -0.39 is 0 Å². The molecule has 0 bridgehead atoms. The van der Waals surface area contributed by atoms with E-state index in [1.54, 1.807) is 19.2 Å². The maximum absolute atomic E-state index is 13.0. The lowest BCUT2D eigenvalue weighted by Gasteiger charge is -2.15. The third-order valence-corrected chi connectivity index (χ3v) is 3.05. The van der Waals surface area contributed by atoms with Crippen molar-refractivity contribution in [2.75, 3.05) is 13.7 Å². The van der Waals surface area contributed by atoms with Crippen LogP contribution in [-0.4, -0.2) is 19.8 Å². The first-order valence-corrected chi connectivity index (χ1v) is 6.13. The summed E-state index contributed by atoms with van der Waals surface area (Å²) in [6, 6.07) is 5.39. The predicted octanol–water partition coefficient (Wildman–Crippen LogP) is 3.10.